The van der Waals surface area contributed by atoms with Crippen molar-refractivity contribution >= 4 is 21.6 Å². The summed E-state index contributed by atoms with van der Waals surface area (Å²) < 4.78 is 6.05. The van der Waals surface area contributed by atoms with Gasteiger partial charge in [-0.1, -0.05) is 17.3 Å². The van der Waals surface area contributed by atoms with E-state index in [4.69, 9.17) is 10.3 Å². The first kappa shape index (κ1) is 11.9. The quantitative estimate of drug-likeness (QED) is 0.735. The van der Waals surface area contributed by atoms with E-state index in [-0.39, 0.29) is 0 Å². The van der Waals surface area contributed by atoms with Gasteiger partial charge in [-0.2, -0.15) is 4.98 Å². The largest absolute Gasteiger partial charge is 0.398 e. The van der Waals surface area contributed by atoms with Crippen LogP contribution in [0.5, 0.6) is 0 Å². The minimum absolute atomic E-state index is 0.380. The molecule has 5 nitrogen and oxygen atoms in total. The van der Waals surface area contributed by atoms with Crippen molar-refractivity contribution in [3.8, 4) is 23.0 Å². The van der Waals surface area contributed by atoms with E-state index in [1.807, 2.05) is 30.3 Å². The highest BCUT2D eigenvalue weighted by molar-refractivity contribution is 9.10. The minimum Gasteiger partial charge on any atom is -0.398 e. The lowest BCUT2D eigenvalue weighted by atomic mass is 10.2. The Balaban J connectivity index is 2.06. The van der Waals surface area contributed by atoms with Crippen LogP contribution in [0.2, 0.25) is 0 Å². The van der Waals surface area contributed by atoms with Crippen LogP contribution < -0.4 is 5.73 Å². The molecule has 0 amide bonds. The zero-order valence-electron chi connectivity index (χ0n) is 9.75. The predicted molar refractivity (Wildman–Crippen MR) is 75.1 cm³/mol. The van der Waals surface area contributed by atoms with Crippen LogP contribution in [-0.2, 0) is 0 Å². The number of para-hydroxylation sites is 1. The summed E-state index contributed by atoms with van der Waals surface area (Å²) in [6.07, 6.45) is 1.67. The number of hydrogen-bond acceptors (Lipinski definition) is 5. The Kier molecular flexibility index (Phi) is 3.00. The number of pyridine rings is 1. The first-order chi connectivity index (χ1) is 9.25. The Labute approximate surface area is 117 Å². The molecule has 2 N–H and O–H groups in total. The number of nitrogen functional groups attached to an aromatic ring is 1. The molecule has 0 fully saturated rings. The highest BCUT2D eigenvalue weighted by Crippen LogP contribution is 2.28. The summed E-state index contributed by atoms with van der Waals surface area (Å²) in [5.74, 6) is 0.802. The van der Waals surface area contributed by atoms with E-state index in [2.05, 4.69) is 31.1 Å². The molecular formula is C13H9BrN4O. The van der Waals surface area contributed by atoms with Crippen LogP contribution in [-0.4, -0.2) is 15.1 Å². The maximum Gasteiger partial charge on any atom is 0.260 e. The van der Waals surface area contributed by atoms with Gasteiger partial charge >= 0.3 is 0 Å². The summed E-state index contributed by atoms with van der Waals surface area (Å²) in [5.41, 5.74) is 7.82. The van der Waals surface area contributed by atoms with Gasteiger partial charge in [-0.05, 0) is 40.2 Å². The minimum atomic E-state index is 0.380. The molecule has 0 spiro atoms. The Morgan fingerprint density at radius 1 is 1.11 bits per heavy atom. The lowest BCUT2D eigenvalue weighted by Gasteiger charge is -1.98. The Morgan fingerprint density at radius 2 is 1.95 bits per heavy atom. The maximum atomic E-state index is 5.88. The number of anilines is 1. The van der Waals surface area contributed by atoms with E-state index in [9.17, 15) is 0 Å². The standard InChI is InChI=1S/C13H9BrN4O/c14-9-5-3-7-16-11(9)12-17-13(19-18-12)8-4-1-2-6-10(8)15/h1-7H,15H2. The highest BCUT2D eigenvalue weighted by atomic mass is 79.9. The summed E-state index contributed by atoms with van der Waals surface area (Å²) in [5, 5.41) is 3.93. The summed E-state index contributed by atoms with van der Waals surface area (Å²) in [6, 6.07) is 11.0. The molecule has 1 aromatic carbocycles. The van der Waals surface area contributed by atoms with Crippen molar-refractivity contribution in [3.05, 3.63) is 47.1 Å². The van der Waals surface area contributed by atoms with Gasteiger partial charge in [0.1, 0.15) is 5.69 Å². The van der Waals surface area contributed by atoms with Crippen molar-refractivity contribution in [1.29, 1.82) is 0 Å². The Hall–Kier alpha value is -2.21. The fourth-order valence-electron chi connectivity index (χ4n) is 1.67. The van der Waals surface area contributed by atoms with Gasteiger partial charge in [0.15, 0.2) is 0 Å². The zero-order valence-corrected chi connectivity index (χ0v) is 11.3. The molecule has 94 valence electrons. The molecule has 6 heteroatoms. The van der Waals surface area contributed by atoms with Crippen LogP contribution in [0.1, 0.15) is 0 Å². The van der Waals surface area contributed by atoms with Crippen LogP contribution in [0.15, 0.2) is 51.6 Å². The SMILES string of the molecule is Nc1ccccc1-c1nc(-c2ncccc2Br)no1. The van der Waals surface area contributed by atoms with Gasteiger partial charge in [0.25, 0.3) is 5.89 Å². The predicted octanol–water partition coefficient (Wildman–Crippen LogP) is 3.14. The van der Waals surface area contributed by atoms with E-state index in [1.54, 1.807) is 12.3 Å². The van der Waals surface area contributed by atoms with Crippen LogP contribution in [0, 0.1) is 0 Å². The average Bonchev–Trinajstić information content (AvgIpc) is 2.89. The second-order valence-corrected chi connectivity index (χ2v) is 4.70. The summed E-state index contributed by atoms with van der Waals surface area (Å²) in [6.45, 7) is 0. The third-order valence-electron chi connectivity index (χ3n) is 2.59. The molecule has 2 aromatic heterocycles. The topological polar surface area (TPSA) is 77.8 Å². The number of rotatable bonds is 2. The van der Waals surface area contributed by atoms with E-state index in [0.29, 0.717) is 28.7 Å². The average molecular weight is 317 g/mol. The van der Waals surface area contributed by atoms with E-state index >= 15 is 0 Å². The van der Waals surface area contributed by atoms with Crippen molar-refractivity contribution in [2.24, 2.45) is 0 Å². The number of nitrogens with zero attached hydrogens (tertiary/aromatic N) is 3. The molecule has 0 bridgehead atoms. The molecule has 3 aromatic rings. The molecule has 2 heterocycles. The second kappa shape index (κ2) is 4.81. The molecule has 0 radical (unpaired) electrons. The summed E-state index contributed by atoms with van der Waals surface area (Å²) >= 11 is 3.40. The molecule has 0 atom stereocenters. The van der Waals surface area contributed by atoms with Gasteiger partial charge in [0.05, 0.1) is 5.56 Å². The number of halogens is 1. The molecule has 0 aliphatic rings. The van der Waals surface area contributed by atoms with E-state index in [0.717, 1.165) is 4.47 Å². The third kappa shape index (κ3) is 2.22. The van der Waals surface area contributed by atoms with Crippen molar-refractivity contribution in [1.82, 2.24) is 15.1 Å². The molecule has 0 aliphatic heterocycles. The van der Waals surface area contributed by atoms with E-state index in [1.165, 1.54) is 0 Å². The molecule has 19 heavy (non-hydrogen) atoms. The number of nitrogens with two attached hydrogens (primary N) is 1. The molecular weight excluding hydrogens is 308 g/mol. The lowest BCUT2D eigenvalue weighted by molar-refractivity contribution is 0.432. The van der Waals surface area contributed by atoms with Crippen molar-refractivity contribution in [2.45, 2.75) is 0 Å². The van der Waals surface area contributed by atoms with Crippen LogP contribution in [0.4, 0.5) is 5.69 Å². The smallest absolute Gasteiger partial charge is 0.260 e. The molecule has 0 unspecified atom stereocenters. The van der Waals surface area contributed by atoms with Crippen LogP contribution in [0.25, 0.3) is 23.0 Å². The van der Waals surface area contributed by atoms with Gasteiger partial charge in [-0.3, -0.25) is 4.98 Å². The zero-order chi connectivity index (χ0) is 13.2. The number of aromatic nitrogens is 3. The number of hydrogen-bond donors (Lipinski definition) is 1. The molecule has 0 aliphatic carbocycles. The third-order valence-corrected chi connectivity index (χ3v) is 3.23. The van der Waals surface area contributed by atoms with Crippen LogP contribution in [0.3, 0.4) is 0 Å². The Bertz CT molecular complexity index is 666. The fraction of sp³-hybridized carbons (Fsp3) is 0. The molecule has 0 saturated heterocycles. The normalized spacial score (nSPS) is 10.6. The van der Waals surface area contributed by atoms with Gasteiger partial charge in [-0.25, -0.2) is 0 Å². The second-order valence-electron chi connectivity index (χ2n) is 3.84. The maximum absolute atomic E-state index is 5.88. The van der Waals surface area contributed by atoms with Gasteiger partial charge in [0, 0.05) is 16.4 Å². The summed E-state index contributed by atoms with van der Waals surface area (Å²) in [4.78, 5) is 8.54. The van der Waals surface area contributed by atoms with Crippen LogP contribution >= 0.6 is 15.9 Å². The van der Waals surface area contributed by atoms with Crippen molar-refractivity contribution in [3.63, 3.8) is 0 Å². The highest BCUT2D eigenvalue weighted by Gasteiger charge is 2.15. The van der Waals surface area contributed by atoms with Gasteiger partial charge in [0.2, 0.25) is 5.82 Å². The first-order valence-electron chi connectivity index (χ1n) is 5.55. The fourth-order valence-corrected chi connectivity index (χ4v) is 2.10. The Morgan fingerprint density at radius 3 is 2.74 bits per heavy atom. The monoisotopic (exact) mass is 316 g/mol. The first-order valence-corrected chi connectivity index (χ1v) is 6.34. The van der Waals surface area contributed by atoms with Crippen molar-refractivity contribution in [2.75, 3.05) is 5.73 Å². The lowest BCUT2D eigenvalue weighted by Crippen LogP contribution is -1.90. The van der Waals surface area contributed by atoms with Gasteiger partial charge < -0.3 is 10.3 Å². The van der Waals surface area contributed by atoms with Gasteiger partial charge in [-0.15, -0.1) is 0 Å². The summed E-state index contributed by atoms with van der Waals surface area (Å²) in [7, 11) is 0. The van der Waals surface area contributed by atoms with E-state index < -0.39 is 0 Å². The van der Waals surface area contributed by atoms with Crippen molar-refractivity contribution < 1.29 is 4.52 Å². The molecule has 3 rings (SSSR count). The molecule has 0 saturated carbocycles. The number of benzene rings is 1.